The highest BCUT2D eigenvalue weighted by Crippen LogP contribution is 2.65. The number of rotatable bonds is 8. The molecule has 0 fully saturated rings. The minimum absolute atomic E-state index is 0.273. The lowest BCUT2D eigenvalue weighted by atomic mass is 9.70. The summed E-state index contributed by atoms with van der Waals surface area (Å²) in [5.74, 6) is -0.546. The Kier molecular flexibility index (Phi) is 10.2. The predicted octanol–water partition coefficient (Wildman–Crippen LogP) is 17.8. The third-order valence-corrected chi connectivity index (χ3v) is 19.8. The molecule has 0 amide bonds. The van der Waals surface area contributed by atoms with E-state index in [1.54, 1.807) is 24.3 Å². The third kappa shape index (κ3) is 7.06. The van der Waals surface area contributed by atoms with Gasteiger partial charge in [-0.2, -0.15) is 49.7 Å². The van der Waals surface area contributed by atoms with Crippen LogP contribution in [0.5, 0.6) is 0 Å². The summed E-state index contributed by atoms with van der Waals surface area (Å²) < 4.78 is 29.6. The van der Waals surface area contributed by atoms with E-state index in [0.29, 0.717) is 0 Å². The van der Waals surface area contributed by atoms with E-state index in [-0.39, 0.29) is 11.6 Å². The Morgan fingerprint density at radius 3 is 1.04 bits per heavy atom. The van der Waals surface area contributed by atoms with Crippen LogP contribution in [0, 0.1) is 11.6 Å². The van der Waals surface area contributed by atoms with Gasteiger partial charge in [0.15, 0.2) is 0 Å². The van der Waals surface area contributed by atoms with Crippen molar-refractivity contribution >= 4 is 93.0 Å². The van der Waals surface area contributed by atoms with Crippen LogP contribution < -0.4 is 20.2 Å². The van der Waals surface area contributed by atoms with Crippen molar-refractivity contribution in [1.82, 2.24) is 0 Å². The maximum absolute atomic E-state index is 14.8. The van der Waals surface area contributed by atoms with Gasteiger partial charge in [0.25, 0.3) is 0 Å². The van der Waals surface area contributed by atoms with Crippen molar-refractivity contribution in [1.29, 1.82) is 0 Å². The summed E-state index contributed by atoms with van der Waals surface area (Å²) in [6, 6.07) is 77.3. The van der Waals surface area contributed by atoms with Crippen LogP contribution in [-0.4, -0.2) is 16.1 Å². The highest BCUT2D eigenvalue weighted by Gasteiger charge is 2.52. The monoisotopic (exact) mass is 980 g/mol. The Morgan fingerprint density at radius 1 is 0.288 bits per heavy atom. The topological polar surface area (TPSA) is 6.48 Å². The van der Waals surface area contributed by atoms with Gasteiger partial charge in [0.2, 0.25) is 0 Å². The second-order valence-corrected chi connectivity index (χ2v) is 32.2. The van der Waals surface area contributed by atoms with Crippen LogP contribution in [0.15, 0.2) is 218 Å². The fourth-order valence-electron chi connectivity index (χ4n) is 12.1. The van der Waals surface area contributed by atoms with E-state index in [4.69, 9.17) is 0 Å². The molecule has 2 aliphatic carbocycles. The van der Waals surface area contributed by atoms with Gasteiger partial charge in [-0.25, -0.2) is 8.78 Å². The van der Waals surface area contributed by atoms with E-state index in [9.17, 15) is 8.78 Å². The summed E-state index contributed by atoms with van der Waals surface area (Å²) in [5.41, 5.74) is 14.5. The molecular formula is C67H54F2N2Si2-2. The predicted molar refractivity (Wildman–Crippen MR) is 311 cm³/mol. The Hall–Kier alpha value is -7.91. The first-order chi connectivity index (χ1) is 35.3. The molecule has 356 valence electrons. The maximum Gasteiger partial charge on any atom is 0.123 e. The van der Waals surface area contributed by atoms with Crippen LogP contribution in [0.2, 0.25) is 39.3 Å². The normalized spacial score (nSPS) is 13.3. The van der Waals surface area contributed by atoms with Crippen LogP contribution in [0.3, 0.4) is 0 Å². The van der Waals surface area contributed by atoms with Crippen molar-refractivity contribution in [2.75, 3.05) is 9.80 Å². The van der Waals surface area contributed by atoms with Gasteiger partial charge in [-0.3, -0.25) is 0 Å². The average molecular weight is 981 g/mol. The molecule has 1 spiro atoms. The molecule has 0 heterocycles. The zero-order chi connectivity index (χ0) is 50.0. The molecule has 13 rings (SSSR count). The van der Waals surface area contributed by atoms with Gasteiger partial charge >= 0.3 is 0 Å². The van der Waals surface area contributed by atoms with E-state index >= 15 is 0 Å². The highest BCUT2D eigenvalue weighted by molar-refractivity contribution is 6.89. The lowest BCUT2D eigenvalue weighted by Gasteiger charge is -2.34. The number of hydrogen-bond donors (Lipinski definition) is 0. The minimum atomic E-state index is -1.61. The van der Waals surface area contributed by atoms with Crippen molar-refractivity contribution < 1.29 is 8.78 Å². The average Bonchev–Trinajstić information content (AvgIpc) is 3.85. The van der Waals surface area contributed by atoms with E-state index in [1.807, 2.05) is 24.3 Å². The molecule has 0 atom stereocenters. The van der Waals surface area contributed by atoms with Crippen LogP contribution >= 0.6 is 0 Å². The van der Waals surface area contributed by atoms with Gasteiger partial charge in [-0.1, -0.05) is 109 Å². The van der Waals surface area contributed by atoms with E-state index in [0.717, 1.165) is 45.3 Å². The molecule has 0 aromatic heterocycles. The van der Waals surface area contributed by atoms with E-state index < -0.39 is 21.6 Å². The molecule has 2 nitrogen and oxygen atoms in total. The van der Waals surface area contributed by atoms with Crippen molar-refractivity contribution in [3.05, 3.63) is 252 Å². The van der Waals surface area contributed by atoms with Crippen molar-refractivity contribution in [2.45, 2.75) is 44.7 Å². The van der Waals surface area contributed by atoms with Crippen molar-refractivity contribution in [3.8, 4) is 22.3 Å². The molecule has 0 bridgehead atoms. The van der Waals surface area contributed by atoms with Gasteiger partial charge in [0, 0.05) is 34.1 Å². The minimum Gasteiger partial charge on any atom is -0.310 e. The number of hydrogen-bond acceptors (Lipinski definition) is 2. The maximum atomic E-state index is 14.8. The largest absolute Gasteiger partial charge is 0.310 e. The number of fused-ring (bicyclic) bond motifs is 16. The molecule has 73 heavy (non-hydrogen) atoms. The number of anilines is 6. The molecule has 0 aliphatic heterocycles. The number of nitrogens with zero attached hydrogens (tertiary/aromatic N) is 2. The standard InChI is InChI=1S/C67H54F2N2Si2/c1-72(2,3)51-33-27-47(28-34-51)70(45-23-19-43(68)20-24-45)49-31-37-58-59-38-32-50(71(46-25-21-44(69)22-26-46)48-29-35-52(36-30-48)73(4,5)6)40-65(59)67(64(58)39-49)63-18-12-11-17-57(63)62-41-60-55-15-9-7-13-53(55)54-14-8-10-16-56(54)61(60)42-66(62)67/h7-42H,1-6H3/q-2. The first-order valence-electron chi connectivity index (χ1n) is 25.4. The summed E-state index contributed by atoms with van der Waals surface area (Å²) in [7, 11) is -3.21. The Bertz CT molecular complexity index is 3850. The molecule has 0 radical (unpaired) electrons. The quantitative estimate of drug-likeness (QED) is 0.111. The first-order valence-corrected chi connectivity index (χ1v) is 32.4. The van der Waals surface area contributed by atoms with Crippen LogP contribution in [0.1, 0.15) is 22.3 Å². The van der Waals surface area contributed by atoms with Crippen LogP contribution in [-0.2, 0) is 5.41 Å². The van der Waals surface area contributed by atoms with Gasteiger partial charge in [-0.15, -0.1) is 16.1 Å². The van der Waals surface area contributed by atoms with Gasteiger partial charge in [0.1, 0.15) is 11.6 Å². The summed E-state index contributed by atoms with van der Waals surface area (Å²) in [4.78, 5) is 4.55. The van der Waals surface area contributed by atoms with Gasteiger partial charge < -0.3 is 9.80 Å². The lowest BCUT2D eigenvalue weighted by Crippen LogP contribution is -2.37. The highest BCUT2D eigenvalue weighted by atomic mass is 28.3. The Labute approximate surface area is 428 Å². The SMILES string of the molecule is C[Si-](C)(C)c1ccc(N(c2ccc(F)cc2)c2ccc3c(c2)C2(c4ccccc4-c4cc5c6ccccc6c6ccccc6c5cc42)c2cc(N(c4ccc(F)cc4)c4ccc([Si-](C)(C)C)cc4)ccc2-3)cc1. The Morgan fingerprint density at radius 2 is 0.616 bits per heavy atom. The lowest BCUT2D eigenvalue weighted by molar-refractivity contribution is 0.627. The van der Waals surface area contributed by atoms with Gasteiger partial charge in [0.05, 0.1) is 5.41 Å². The van der Waals surface area contributed by atoms with Crippen LogP contribution in [0.4, 0.5) is 42.9 Å². The fourth-order valence-corrected chi connectivity index (χ4v) is 14.5. The molecule has 0 saturated heterocycles. The first kappa shape index (κ1) is 45.0. The summed E-state index contributed by atoms with van der Waals surface area (Å²) in [5, 5.41) is 10.1. The second kappa shape index (κ2) is 16.6. The molecule has 6 heteroatoms. The van der Waals surface area contributed by atoms with Gasteiger partial charge in [-0.05, 0) is 186 Å². The summed E-state index contributed by atoms with van der Waals surface area (Å²) in [6.07, 6.45) is 0. The number of benzene rings is 11. The van der Waals surface area contributed by atoms with Crippen LogP contribution in [0.25, 0.3) is 54.6 Å². The summed E-state index contributed by atoms with van der Waals surface area (Å²) >= 11 is 0. The molecule has 2 aliphatic rings. The van der Waals surface area contributed by atoms with E-state index in [2.05, 4.69) is 219 Å². The molecule has 0 saturated carbocycles. The Balaban J connectivity index is 1.12. The molecular weight excluding hydrogens is 927 g/mol. The third-order valence-electron chi connectivity index (χ3n) is 15.7. The van der Waals surface area contributed by atoms with Crippen molar-refractivity contribution in [2.24, 2.45) is 0 Å². The molecule has 0 N–H and O–H groups in total. The molecule has 11 aromatic rings. The second-order valence-electron chi connectivity index (χ2n) is 22.0. The number of halogens is 2. The smallest absolute Gasteiger partial charge is 0.123 e. The summed E-state index contributed by atoms with van der Waals surface area (Å²) in [6.45, 7) is 14.2. The zero-order valence-electron chi connectivity index (χ0n) is 41.9. The van der Waals surface area contributed by atoms with E-state index in [1.165, 1.54) is 76.1 Å². The van der Waals surface area contributed by atoms with Crippen molar-refractivity contribution in [3.63, 3.8) is 0 Å². The fraction of sp³-hybridized carbons (Fsp3) is 0.104. The molecule has 11 aromatic carbocycles. The zero-order valence-corrected chi connectivity index (χ0v) is 43.9. The molecule has 0 unspecified atom stereocenters.